The highest BCUT2D eigenvalue weighted by atomic mass is 35.5. The number of ether oxygens (including phenoxy) is 1. The third-order valence-corrected chi connectivity index (χ3v) is 2.57. The lowest BCUT2D eigenvalue weighted by molar-refractivity contribution is -0.141. The summed E-state index contributed by atoms with van der Waals surface area (Å²) >= 11 is 5.76. The van der Waals surface area contributed by atoms with E-state index in [1.807, 2.05) is 0 Å². The molecule has 7 heteroatoms. The molecule has 2 heterocycles. The zero-order valence-electron chi connectivity index (χ0n) is 9.07. The zero-order valence-corrected chi connectivity index (χ0v) is 9.82. The normalized spacial score (nSPS) is 14.0. The van der Waals surface area contributed by atoms with Gasteiger partial charge in [-0.2, -0.15) is 0 Å². The van der Waals surface area contributed by atoms with Crippen LogP contribution in [0.1, 0.15) is 5.69 Å². The molecule has 0 unspecified atom stereocenters. The molecule has 6 nitrogen and oxygen atoms in total. The van der Waals surface area contributed by atoms with Gasteiger partial charge < -0.3 is 15.0 Å². The van der Waals surface area contributed by atoms with Crippen molar-refractivity contribution >= 4 is 29.3 Å². The van der Waals surface area contributed by atoms with Crippen LogP contribution in [-0.2, 0) is 16.1 Å². The van der Waals surface area contributed by atoms with Crippen LogP contribution in [0.2, 0.25) is 5.15 Å². The second-order valence-corrected chi connectivity index (χ2v) is 3.88. The highest BCUT2D eigenvalue weighted by molar-refractivity contribution is 6.29. The van der Waals surface area contributed by atoms with Crippen LogP contribution in [-0.4, -0.2) is 35.5 Å². The summed E-state index contributed by atoms with van der Waals surface area (Å²) in [6, 6.07) is 2.92. The Morgan fingerprint density at radius 1 is 1.65 bits per heavy atom. The van der Waals surface area contributed by atoms with E-state index < -0.39 is 5.97 Å². The topological polar surface area (TPSA) is 71.5 Å². The molecule has 1 aliphatic heterocycles. The molecule has 0 radical (unpaired) electrons. The second kappa shape index (κ2) is 4.58. The van der Waals surface area contributed by atoms with Crippen molar-refractivity contribution in [1.82, 2.24) is 9.88 Å². The van der Waals surface area contributed by atoms with Gasteiger partial charge in [0, 0.05) is 0 Å². The van der Waals surface area contributed by atoms with Crippen LogP contribution in [0.4, 0.5) is 10.5 Å². The first-order valence-electron chi connectivity index (χ1n) is 4.88. The fourth-order valence-corrected chi connectivity index (χ4v) is 1.67. The van der Waals surface area contributed by atoms with Crippen LogP contribution in [0.25, 0.3) is 0 Å². The van der Waals surface area contributed by atoms with Gasteiger partial charge in [-0.3, -0.25) is 4.79 Å². The third-order valence-electron chi connectivity index (χ3n) is 2.36. The van der Waals surface area contributed by atoms with Crippen molar-refractivity contribution < 1.29 is 14.3 Å². The minimum atomic E-state index is -0.481. The number of nitrogens with zero attached hydrogens (tertiary/aromatic N) is 2. The molecule has 90 valence electrons. The zero-order chi connectivity index (χ0) is 12.4. The Kier molecular flexibility index (Phi) is 3.14. The van der Waals surface area contributed by atoms with Crippen LogP contribution in [0.5, 0.6) is 0 Å². The van der Waals surface area contributed by atoms with Crippen LogP contribution in [0.15, 0.2) is 12.1 Å². The van der Waals surface area contributed by atoms with Gasteiger partial charge in [-0.1, -0.05) is 11.6 Å². The molecule has 1 aromatic heterocycles. The summed E-state index contributed by atoms with van der Waals surface area (Å²) in [7, 11) is 1.27. The van der Waals surface area contributed by atoms with Gasteiger partial charge in [-0.05, 0) is 12.1 Å². The number of halogens is 1. The maximum absolute atomic E-state index is 11.6. The van der Waals surface area contributed by atoms with Crippen LogP contribution < -0.4 is 5.32 Å². The smallest absolute Gasteiger partial charge is 0.325 e. The predicted octanol–water partition coefficient (Wildman–Crippen LogP) is 1.26. The van der Waals surface area contributed by atoms with Gasteiger partial charge in [0.15, 0.2) is 0 Å². The lowest BCUT2D eigenvalue weighted by Gasteiger charge is -2.27. The number of hydrogen-bond donors (Lipinski definition) is 1. The summed E-state index contributed by atoms with van der Waals surface area (Å²) in [5.74, 6) is -0.481. The highest BCUT2D eigenvalue weighted by Crippen LogP contribution is 2.23. The molecule has 0 saturated carbocycles. The number of nitrogens with one attached hydrogen (secondary N) is 1. The Morgan fingerprint density at radius 2 is 2.41 bits per heavy atom. The van der Waals surface area contributed by atoms with Gasteiger partial charge in [0.1, 0.15) is 11.7 Å². The van der Waals surface area contributed by atoms with Crippen LogP contribution >= 0.6 is 11.6 Å². The van der Waals surface area contributed by atoms with E-state index in [-0.39, 0.29) is 19.1 Å². The molecule has 0 bridgehead atoms. The molecule has 0 saturated heterocycles. The Hall–Kier alpha value is -1.82. The van der Waals surface area contributed by atoms with Crippen molar-refractivity contribution in [2.24, 2.45) is 0 Å². The van der Waals surface area contributed by atoms with E-state index in [0.717, 1.165) is 0 Å². The van der Waals surface area contributed by atoms with Crippen molar-refractivity contribution in [3.8, 4) is 0 Å². The Balaban J connectivity index is 2.19. The van der Waals surface area contributed by atoms with E-state index >= 15 is 0 Å². The number of carbonyl (C=O) groups excluding carboxylic acids is 2. The number of rotatable bonds is 2. The van der Waals surface area contributed by atoms with E-state index in [4.69, 9.17) is 11.6 Å². The molecule has 1 N–H and O–H groups in total. The molecule has 0 atom stereocenters. The van der Waals surface area contributed by atoms with Crippen molar-refractivity contribution in [2.75, 3.05) is 19.0 Å². The summed E-state index contributed by atoms with van der Waals surface area (Å²) in [6.45, 7) is 0.118. The molecular formula is C10H10ClN3O3. The molecule has 0 fully saturated rings. The average molecular weight is 256 g/mol. The van der Waals surface area contributed by atoms with Crippen molar-refractivity contribution in [3.63, 3.8) is 0 Å². The number of methoxy groups -OCH3 is 1. The van der Waals surface area contributed by atoms with Crippen LogP contribution in [0.3, 0.4) is 0 Å². The van der Waals surface area contributed by atoms with Gasteiger partial charge in [0.2, 0.25) is 0 Å². The van der Waals surface area contributed by atoms with E-state index in [9.17, 15) is 9.59 Å². The van der Waals surface area contributed by atoms with Gasteiger partial charge in [-0.25, -0.2) is 9.78 Å². The quantitative estimate of drug-likeness (QED) is 0.638. The summed E-state index contributed by atoms with van der Waals surface area (Å²) < 4.78 is 4.51. The summed E-state index contributed by atoms with van der Waals surface area (Å²) in [6.07, 6.45) is 0. The molecule has 2 rings (SSSR count). The first-order chi connectivity index (χ1) is 8.10. The first-order valence-corrected chi connectivity index (χ1v) is 5.26. The van der Waals surface area contributed by atoms with Crippen molar-refractivity contribution in [3.05, 3.63) is 23.0 Å². The molecule has 0 aliphatic carbocycles. The molecule has 1 aromatic rings. The standard InChI is InChI=1S/C10H10ClN3O3/c1-17-9(15)5-14-4-7-6(13-10(14)16)2-3-8(11)12-7/h2-3H,4-5H2,1H3,(H,13,16). The predicted molar refractivity (Wildman–Crippen MR) is 60.7 cm³/mol. The lowest BCUT2D eigenvalue weighted by Crippen LogP contribution is -2.42. The number of fused-ring (bicyclic) bond motifs is 1. The number of amides is 2. The second-order valence-electron chi connectivity index (χ2n) is 3.49. The minimum Gasteiger partial charge on any atom is -0.468 e. The summed E-state index contributed by atoms with van der Waals surface area (Å²) in [4.78, 5) is 28.1. The fourth-order valence-electron chi connectivity index (χ4n) is 1.50. The van der Waals surface area contributed by atoms with E-state index in [1.54, 1.807) is 12.1 Å². The van der Waals surface area contributed by atoms with Gasteiger partial charge >= 0.3 is 12.0 Å². The number of urea groups is 1. The number of esters is 1. The minimum absolute atomic E-state index is 0.115. The highest BCUT2D eigenvalue weighted by Gasteiger charge is 2.25. The maximum atomic E-state index is 11.6. The lowest BCUT2D eigenvalue weighted by atomic mass is 10.2. The van der Waals surface area contributed by atoms with E-state index in [2.05, 4.69) is 15.0 Å². The Bertz CT molecular complexity index is 478. The largest absolute Gasteiger partial charge is 0.468 e. The summed E-state index contributed by atoms with van der Waals surface area (Å²) in [5.41, 5.74) is 1.24. The molecule has 0 spiro atoms. The monoisotopic (exact) mass is 255 g/mol. The maximum Gasteiger partial charge on any atom is 0.325 e. The molecule has 2 amide bonds. The number of hydrogen-bond acceptors (Lipinski definition) is 4. The fraction of sp³-hybridized carbons (Fsp3) is 0.300. The van der Waals surface area contributed by atoms with Crippen LogP contribution in [0, 0.1) is 0 Å². The summed E-state index contributed by atoms with van der Waals surface area (Å²) in [5, 5.41) is 2.97. The number of carbonyl (C=O) groups is 2. The molecule has 1 aliphatic rings. The first kappa shape index (κ1) is 11.7. The molecule has 0 aromatic carbocycles. The number of pyridine rings is 1. The van der Waals surface area contributed by atoms with Gasteiger partial charge in [-0.15, -0.1) is 0 Å². The van der Waals surface area contributed by atoms with Gasteiger partial charge in [0.25, 0.3) is 0 Å². The SMILES string of the molecule is COC(=O)CN1Cc2nc(Cl)ccc2NC1=O. The molecule has 17 heavy (non-hydrogen) atoms. The van der Waals surface area contributed by atoms with Crippen molar-refractivity contribution in [2.45, 2.75) is 6.54 Å². The van der Waals surface area contributed by atoms with Gasteiger partial charge in [0.05, 0.1) is 25.0 Å². The Labute approximate surface area is 103 Å². The van der Waals surface area contributed by atoms with Crippen molar-refractivity contribution in [1.29, 1.82) is 0 Å². The number of anilines is 1. The molecular weight excluding hydrogens is 246 g/mol. The number of aromatic nitrogens is 1. The van der Waals surface area contributed by atoms with E-state index in [0.29, 0.717) is 16.5 Å². The average Bonchev–Trinajstić information content (AvgIpc) is 2.30. The van der Waals surface area contributed by atoms with E-state index in [1.165, 1.54) is 12.0 Å². The third kappa shape index (κ3) is 2.47. The Morgan fingerprint density at radius 3 is 3.12 bits per heavy atom.